The fourth-order valence-corrected chi connectivity index (χ4v) is 2.70. The molecule has 124 valence electrons. The van der Waals surface area contributed by atoms with Gasteiger partial charge in [-0.3, -0.25) is 4.90 Å². The fraction of sp³-hybridized carbons (Fsp3) is 0.500. The predicted molar refractivity (Wildman–Crippen MR) is 88.3 cm³/mol. The van der Waals surface area contributed by atoms with Gasteiger partial charge < -0.3 is 14.5 Å². The normalized spacial score (nSPS) is 15.9. The molecule has 23 heavy (non-hydrogen) atoms. The largest absolute Gasteiger partial charge is 0.419 e. The van der Waals surface area contributed by atoms with Gasteiger partial charge in [-0.1, -0.05) is 17.7 Å². The van der Waals surface area contributed by atoms with Crippen LogP contribution in [0.15, 0.2) is 28.7 Å². The molecule has 1 aliphatic rings. The fourth-order valence-electron chi connectivity index (χ4n) is 2.51. The lowest BCUT2D eigenvalue weighted by Gasteiger charge is -2.26. The SMILES string of the molecule is Clc1cccc(-c2nnc(CNCCCN3CCOCC3)o2)c1. The first-order valence-corrected chi connectivity index (χ1v) is 8.28. The van der Waals surface area contributed by atoms with Crippen LogP contribution in [-0.4, -0.2) is 54.5 Å². The third kappa shape index (κ3) is 5.00. The summed E-state index contributed by atoms with van der Waals surface area (Å²) in [4.78, 5) is 2.43. The van der Waals surface area contributed by atoms with Gasteiger partial charge in [-0.2, -0.15) is 0 Å². The second kappa shape index (κ2) is 8.40. The first kappa shape index (κ1) is 16.4. The van der Waals surface area contributed by atoms with Crippen LogP contribution in [0, 0.1) is 0 Å². The highest BCUT2D eigenvalue weighted by Gasteiger charge is 2.10. The van der Waals surface area contributed by atoms with Crippen molar-refractivity contribution >= 4 is 11.6 Å². The molecular weight excluding hydrogens is 316 g/mol. The van der Waals surface area contributed by atoms with Gasteiger partial charge in [-0.25, -0.2) is 0 Å². The molecule has 2 aromatic rings. The van der Waals surface area contributed by atoms with Gasteiger partial charge in [-0.15, -0.1) is 10.2 Å². The molecule has 3 rings (SSSR count). The summed E-state index contributed by atoms with van der Waals surface area (Å²) in [7, 11) is 0. The molecule has 0 atom stereocenters. The molecule has 0 radical (unpaired) electrons. The van der Waals surface area contributed by atoms with E-state index in [0.29, 0.717) is 23.3 Å². The Labute approximate surface area is 140 Å². The number of morpholine rings is 1. The minimum Gasteiger partial charge on any atom is -0.419 e. The van der Waals surface area contributed by atoms with E-state index >= 15 is 0 Å². The number of hydrogen-bond donors (Lipinski definition) is 1. The zero-order chi connectivity index (χ0) is 15.9. The topological polar surface area (TPSA) is 63.4 Å². The zero-order valence-electron chi connectivity index (χ0n) is 13.0. The van der Waals surface area contributed by atoms with Crippen LogP contribution in [0.2, 0.25) is 5.02 Å². The maximum Gasteiger partial charge on any atom is 0.247 e. The minimum absolute atomic E-state index is 0.498. The van der Waals surface area contributed by atoms with Gasteiger partial charge in [0.25, 0.3) is 0 Å². The lowest BCUT2D eigenvalue weighted by Crippen LogP contribution is -2.37. The molecule has 0 aliphatic carbocycles. The van der Waals surface area contributed by atoms with Gasteiger partial charge in [-0.05, 0) is 37.7 Å². The zero-order valence-corrected chi connectivity index (χ0v) is 13.8. The number of ether oxygens (including phenoxy) is 1. The summed E-state index contributed by atoms with van der Waals surface area (Å²) in [6.07, 6.45) is 1.09. The number of nitrogens with one attached hydrogen (secondary N) is 1. The number of hydrogen-bond acceptors (Lipinski definition) is 6. The smallest absolute Gasteiger partial charge is 0.247 e. The Morgan fingerprint density at radius 3 is 2.91 bits per heavy atom. The second-order valence-electron chi connectivity index (χ2n) is 5.50. The van der Waals surface area contributed by atoms with E-state index in [1.807, 2.05) is 24.3 Å². The molecule has 2 heterocycles. The van der Waals surface area contributed by atoms with Gasteiger partial charge >= 0.3 is 0 Å². The van der Waals surface area contributed by atoms with Crippen molar-refractivity contribution in [1.29, 1.82) is 0 Å². The van der Waals surface area contributed by atoms with Crippen LogP contribution in [0.1, 0.15) is 12.3 Å². The van der Waals surface area contributed by atoms with E-state index in [2.05, 4.69) is 20.4 Å². The summed E-state index contributed by atoms with van der Waals surface area (Å²) in [6.45, 7) is 6.36. The first-order valence-electron chi connectivity index (χ1n) is 7.90. The van der Waals surface area contributed by atoms with Crippen LogP contribution in [0.4, 0.5) is 0 Å². The molecule has 0 bridgehead atoms. The maximum atomic E-state index is 5.97. The van der Waals surface area contributed by atoms with E-state index in [1.54, 1.807) is 0 Å². The molecule has 7 heteroatoms. The van der Waals surface area contributed by atoms with E-state index in [-0.39, 0.29) is 0 Å². The second-order valence-corrected chi connectivity index (χ2v) is 5.93. The lowest BCUT2D eigenvalue weighted by molar-refractivity contribution is 0.0374. The van der Waals surface area contributed by atoms with E-state index in [0.717, 1.165) is 51.4 Å². The average Bonchev–Trinajstić information content (AvgIpc) is 3.04. The lowest BCUT2D eigenvalue weighted by atomic mass is 10.2. The Kier molecular flexibility index (Phi) is 5.99. The molecular formula is C16H21ClN4O2. The highest BCUT2D eigenvalue weighted by atomic mass is 35.5. The van der Waals surface area contributed by atoms with Crippen molar-refractivity contribution in [2.75, 3.05) is 39.4 Å². The Bertz CT molecular complexity index is 614. The number of aromatic nitrogens is 2. The third-order valence-electron chi connectivity index (χ3n) is 3.75. The van der Waals surface area contributed by atoms with Gasteiger partial charge in [0.1, 0.15) is 0 Å². The summed E-state index contributed by atoms with van der Waals surface area (Å²) >= 11 is 5.97. The van der Waals surface area contributed by atoms with Gasteiger partial charge in [0.05, 0.1) is 19.8 Å². The minimum atomic E-state index is 0.498. The van der Waals surface area contributed by atoms with Gasteiger partial charge in [0.2, 0.25) is 11.8 Å². The summed E-state index contributed by atoms with van der Waals surface area (Å²) < 4.78 is 11.0. The molecule has 0 amide bonds. The van der Waals surface area contributed by atoms with E-state index in [1.165, 1.54) is 0 Å². The number of halogens is 1. The van der Waals surface area contributed by atoms with E-state index in [9.17, 15) is 0 Å². The molecule has 1 aromatic heterocycles. The van der Waals surface area contributed by atoms with Crippen LogP contribution >= 0.6 is 11.6 Å². The molecule has 1 saturated heterocycles. The molecule has 0 unspecified atom stereocenters. The average molecular weight is 337 g/mol. The standard InChI is InChI=1S/C16H21ClN4O2/c17-14-4-1-3-13(11-14)16-20-19-15(23-16)12-18-5-2-6-21-7-9-22-10-8-21/h1,3-4,11,18H,2,5-10,12H2. The Hall–Kier alpha value is -1.47. The van der Waals surface area contributed by atoms with Crippen molar-refractivity contribution in [3.63, 3.8) is 0 Å². The Balaban J connectivity index is 1.39. The van der Waals surface area contributed by atoms with Crippen molar-refractivity contribution in [3.8, 4) is 11.5 Å². The summed E-state index contributed by atoms with van der Waals surface area (Å²) in [5.41, 5.74) is 0.837. The first-order chi connectivity index (χ1) is 11.3. The van der Waals surface area contributed by atoms with Crippen LogP contribution < -0.4 is 5.32 Å². The van der Waals surface area contributed by atoms with Gasteiger partial charge in [0.15, 0.2) is 0 Å². The van der Waals surface area contributed by atoms with Crippen molar-refractivity contribution in [2.45, 2.75) is 13.0 Å². The van der Waals surface area contributed by atoms with E-state index < -0.39 is 0 Å². The summed E-state index contributed by atoms with van der Waals surface area (Å²) in [6, 6.07) is 7.40. The molecule has 1 N–H and O–H groups in total. The molecule has 1 aliphatic heterocycles. The Morgan fingerprint density at radius 1 is 1.22 bits per heavy atom. The molecule has 6 nitrogen and oxygen atoms in total. The summed E-state index contributed by atoms with van der Waals surface area (Å²) in [5, 5.41) is 12.1. The predicted octanol–water partition coefficient (Wildman–Crippen LogP) is 2.20. The van der Waals surface area contributed by atoms with Crippen LogP contribution in [0.5, 0.6) is 0 Å². The van der Waals surface area contributed by atoms with Crippen LogP contribution in [0.25, 0.3) is 11.5 Å². The van der Waals surface area contributed by atoms with Crippen molar-refractivity contribution in [2.24, 2.45) is 0 Å². The van der Waals surface area contributed by atoms with Gasteiger partial charge in [0, 0.05) is 23.7 Å². The molecule has 0 saturated carbocycles. The molecule has 1 fully saturated rings. The third-order valence-corrected chi connectivity index (χ3v) is 3.98. The molecule has 1 aromatic carbocycles. The Morgan fingerprint density at radius 2 is 2.09 bits per heavy atom. The van der Waals surface area contributed by atoms with E-state index in [4.69, 9.17) is 20.8 Å². The monoisotopic (exact) mass is 336 g/mol. The van der Waals surface area contributed by atoms with Crippen LogP contribution in [-0.2, 0) is 11.3 Å². The van der Waals surface area contributed by atoms with Crippen LogP contribution in [0.3, 0.4) is 0 Å². The quantitative estimate of drug-likeness (QED) is 0.782. The number of nitrogens with zero attached hydrogens (tertiary/aromatic N) is 3. The molecule has 0 spiro atoms. The summed E-state index contributed by atoms with van der Waals surface area (Å²) in [5.74, 6) is 1.09. The van der Waals surface area contributed by atoms with Crippen molar-refractivity contribution in [1.82, 2.24) is 20.4 Å². The number of rotatable bonds is 7. The highest BCUT2D eigenvalue weighted by Crippen LogP contribution is 2.21. The highest BCUT2D eigenvalue weighted by molar-refractivity contribution is 6.30. The van der Waals surface area contributed by atoms with Crippen molar-refractivity contribution in [3.05, 3.63) is 35.2 Å². The maximum absolute atomic E-state index is 5.97. The number of benzene rings is 1. The van der Waals surface area contributed by atoms with Crippen molar-refractivity contribution < 1.29 is 9.15 Å².